The van der Waals surface area contributed by atoms with Crippen LogP contribution in [0.3, 0.4) is 0 Å². The molecular weight excluding hydrogens is 296 g/mol. The fourth-order valence-corrected chi connectivity index (χ4v) is 2.65. The fraction of sp³-hybridized carbons (Fsp3) is 0.429. The van der Waals surface area contributed by atoms with Gasteiger partial charge in [0, 0.05) is 26.3 Å². The predicted octanol–water partition coefficient (Wildman–Crippen LogP) is 3.87. The minimum atomic E-state index is 0.771. The monoisotopic (exact) mass is 326 g/mol. The first-order valence-electron chi connectivity index (χ1n) is 8.68. The van der Waals surface area contributed by atoms with Crippen molar-refractivity contribution >= 4 is 5.69 Å². The van der Waals surface area contributed by atoms with E-state index in [4.69, 9.17) is 4.74 Å². The molecule has 2 rings (SSSR count). The van der Waals surface area contributed by atoms with Gasteiger partial charge in [0.2, 0.25) is 0 Å². The lowest BCUT2D eigenvalue weighted by atomic mass is 10.0. The Balaban J connectivity index is 1.90. The Labute approximate surface area is 146 Å². The van der Waals surface area contributed by atoms with E-state index in [0.717, 1.165) is 38.2 Å². The van der Waals surface area contributed by atoms with E-state index in [0.29, 0.717) is 0 Å². The van der Waals surface area contributed by atoms with Crippen molar-refractivity contribution in [1.29, 1.82) is 0 Å². The minimum absolute atomic E-state index is 0.771. The van der Waals surface area contributed by atoms with Gasteiger partial charge in [0.25, 0.3) is 0 Å². The van der Waals surface area contributed by atoms with Crippen LogP contribution in [0.1, 0.15) is 17.5 Å². The van der Waals surface area contributed by atoms with Crippen LogP contribution in [0.4, 0.5) is 5.69 Å². The normalized spacial score (nSPS) is 10.9. The Bertz CT molecular complexity index is 605. The molecule has 0 N–H and O–H groups in total. The third kappa shape index (κ3) is 5.89. The molecule has 0 aliphatic carbocycles. The maximum atomic E-state index is 5.99. The van der Waals surface area contributed by atoms with Crippen LogP contribution < -0.4 is 9.64 Å². The highest BCUT2D eigenvalue weighted by molar-refractivity contribution is 5.46. The maximum Gasteiger partial charge on any atom is 0.122 e. The van der Waals surface area contributed by atoms with Crippen LogP contribution in [0.25, 0.3) is 0 Å². The molecule has 0 amide bonds. The number of aryl methyl sites for hydroxylation is 2. The molecule has 3 nitrogen and oxygen atoms in total. The first-order valence-corrected chi connectivity index (χ1v) is 8.68. The van der Waals surface area contributed by atoms with Crippen molar-refractivity contribution in [3.63, 3.8) is 0 Å². The lowest BCUT2D eigenvalue weighted by Gasteiger charge is -2.14. The van der Waals surface area contributed by atoms with Gasteiger partial charge in [-0.05, 0) is 62.7 Å². The second kappa shape index (κ2) is 9.33. The van der Waals surface area contributed by atoms with E-state index in [1.165, 1.54) is 16.8 Å². The van der Waals surface area contributed by atoms with Crippen molar-refractivity contribution in [3.8, 4) is 5.75 Å². The van der Waals surface area contributed by atoms with Crippen molar-refractivity contribution in [2.75, 3.05) is 46.2 Å². The van der Waals surface area contributed by atoms with Crippen molar-refractivity contribution in [3.05, 3.63) is 59.7 Å². The number of rotatable bonds is 9. The molecule has 0 radical (unpaired) electrons. The summed E-state index contributed by atoms with van der Waals surface area (Å²) in [5.74, 6) is 1.03. The molecule has 0 fully saturated rings. The Morgan fingerprint density at radius 2 is 1.54 bits per heavy atom. The highest BCUT2D eigenvalue weighted by Crippen LogP contribution is 2.21. The van der Waals surface area contributed by atoms with Gasteiger partial charge < -0.3 is 14.5 Å². The highest BCUT2D eigenvalue weighted by atomic mass is 16.5. The summed E-state index contributed by atoms with van der Waals surface area (Å²) in [5, 5.41) is 0. The molecule has 2 aromatic rings. The van der Waals surface area contributed by atoms with Crippen LogP contribution in [0.15, 0.2) is 48.5 Å². The number of ether oxygens (including phenoxy) is 1. The van der Waals surface area contributed by atoms with Crippen LogP contribution >= 0.6 is 0 Å². The van der Waals surface area contributed by atoms with Crippen molar-refractivity contribution < 1.29 is 4.74 Å². The summed E-state index contributed by atoms with van der Waals surface area (Å²) in [6.45, 7) is 1.83. The topological polar surface area (TPSA) is 15.7 Å². The van der Waals surface area contributed by atoms with Crippen LogP contribution in [-0.2, 0) is 12.8 Å². The largest absolute Gasteiger partial charge is 0.493 e. The molecule has 0 aliphatic rings. The van der Waals surface area contributed by atoms with Crippen molar-refractivity contribution in [2.45, 2.75) is 19.3 Å². The van der Waals surface area contributed by atoms with E-state index in [-0.39, 0.29) is 0 Å². The van der Waals surface area contributed by atoms with Gasteiger partial charge in [0.1, 0.15) is 5.75 Å². The van der Waals surface area contributed by atoms with Crippen LogP contribution in [0.5, 0.6) is 5.75 Å². The molecule has 2 aromatic carbocycles. The first kappa shape index (κ1) is 18.3. The molecule has 0 unspecified atom stereocenters. The Hall–Kier alpha value is -2.00. The van der Waals surface area contributed by atoms with Gasteiger partial charge in [-0.15, -0.1) is 0 Å². The number of nitrogens with zero attached hydrogens (tertiary/aromatic N) is 2. The lowest BCUT2D eigenvalue weighted by Crippen LogP contribution is -2.15. The molecule has 0 atom stereocenters. The zero-order valence-electron chi connectivity index (χ0n) is 15.5. The predicted molar refractivity (Wildman–Crippen MR) is 103 cm³/mol. The van der Waals surface area contributed by atoms with E-state index in [1.807, 2.05) is 0 Å². The molecule has 24 heavy (non-hydrogen) atoms. The molecular formula is C21H30N2O. The van der Waals surface area contributed by atoms with Gasteiger partial charge in [-0.2, -0.15) is 0 Å². The van der Waals surface area contributed by atoms with Crippen LogP contribution in [0, 0.1) is 0 Å². The van der Waals surface area contributed by atoms with Gasteiger partial charge in [-0.1, -0.05) is 30.3 Å². The fourth-order valence-electron chi connectivity index (χ4n) is 2.65. The Kier molecular flexibility index (Phi) is 7.13. The van der Waals surface area contributed by atoms with Crippen LogP contribution in [-0.4, -0.2) is 46.2 Å². The van der Waals surface area contributed by atoms with Gasteiger partial charge in [-0.25, -0.2) is 0 Å². The summed E-state index contributed by atoms with van der Waals surface area (Å²) in [4.78, 5) is 4.31. The molecule has 0 bridgehead atoms. The van der Waals surface area contributed by atoms with Gasteiger partial charge >= 0.3 is 0 Å². The Morgan fingerprint density at radius 3 is 2.21 bits per heavy atom. The molecule has 3 heteroatoms. The second-order valence-electron chi connectivity index (χ2n) is 6.67. The highest BCUT2D eigenvalue weighted by Gasteiger charge is 2.04. The van der Waals surface area contributed by atoms with Crippen LogP contribution in [0.2, 0.25) is 0 Å². The molecule has 0 spiro atoms. The van der Waals surface area contributed by atoms with Crippen molar-refractivity contribution in [1.82, 2.24) is 4.90 Å². The molecule has 0 saturated heterocycles. The molecule has 0 saturated carbocycles. The molecule has 130 valence electrons. The summed E-state index contributed by atoms with van der Waals surface area (Å²) in [5.41, 5.74) is 3.89. The van der Waals surface area contributed by atoms with E-state index in [9.17, 15) is 0 Å². The summed E-state index contributed by atoms with van der Waals surface area (Å²) >= 11 is 0. The van der Waals surface area contributed by atoms with E-state index < -0.39 is 0 Å². The summed E-state index contributed by atoms with van der Waals surface area (Å²) in [6, 6.07) is 17.2. The van der Waals surface area contributed by atoms with E-state index in [1.54, 1.807) is 0 Å². The van der Waals surface area contributed by atoms with Crippen molar-refractivity contribution in [2.24, 2.45) is 0 Å². The zero-order valence-corrected chi connectivity index (χ0v) is 15.5. The first-order chi connectivity index (χ1) is 11.6. The SMILES string of the molecule is CN(C)CCCOc1ccccc1CCc1ccc(N(C)C)cc1. The summed E-state index contributed by atoms with van der Waals surface area (Å²) in [7, 11) is 8.32. The minimum Gasteiger partial charge on any atom is -0.493 e. The Morgan fingerprint density at radius 1 is 0.833 bits per heavy atom. The zero-order chi connectivity index (χ0) is 17.4. The smallest absolute Gasteiger partial charge is 0.122 e. The third-order valence-corrected chi connectivity index (χ3v) is 4.12. The number of hydrogen-bond acceptors (Lipinski definition) is 3. The molecule has 0 aromatic heterocycles. The van der Waals surface area contributed by atoms with Gasteiger partial charge in [0.15, 0.2) is 0 Å². The van der Waals surface area contributed by atoms with Gasteiger partial charge in [0.05, 0.1) is 6.61 Å². The number of anilines is 1. The van der Waals surface area contributed by atoms with E-state index in [2.05, 4.69) is 86.5 Å². The lowest BCUT2D eigenvalue weighted by molar-refractivity contribution is 0.279. The molecule has 0 heterocycles. The standard InChI is InChI=1S/C21H30N2O/c1-22(2)16-7-17-24-21-9-6-5-8-19(21)13-10-18-11-14-20(15-12-18)23(3)4/h5-6,8-9,11-12,14-15H,7,10,13,16-17H2,1-4H3. The average Bonchev–Trinajstić information content (AvgIpc) is 2.58. The average molecular weight is 326 g/mol. The maximum absolute atomic E-state index is 5.99. The summed E-state index contributed by atoms with van der Waals surface area (Å²) < 4.78 is 5.99. The number of benzene rings is 2. The third-order valence-electron chi connectivity index (χ3n) is 4.12. The van der Waals surface area contributed by atoms with E-state index >= 15 is 0 Å². The summed E-state index contributed by atoms with van der Waals surface area (Å²) in [6.07, 6.45) is 3.09. The molecule has 0 aliphatic heterocycles. The second-order valence-corrected chi connectivity index (χ2v) is 6.67. The quantitative estimate of drug-likeness (QED) is 0.651. The number of para-hydroxylation sites is 1. The van der Waals surface area contributed by atoms with Gasteiger partial charge in [-0.3, -0.25) is 0 Å². The number of hydrogen-bond donors (Lipinski definition) is 0.